The quantitative estimate of drug-likeness (QED) is 0.571. The van der Waals surface area contributed by atoms with E-state index in [1.165, 1.54) is 5.56 Å². The number of ketones is 1. The summed E-state index contributed by atoms with van der Waals surface area (Å²) in [4.78, 5) is 11.6. The van der Waals surface area contributed by atoms with E-state index in [1.807, 2.05) is 18.2 Å². The minimum Gasteiger partial charge on any atom is -0.497 e. The van der Waals surface area contributed by atoms with Gasteiger partial charge in [0.2, 0.25) is 0 Å². The van der Waals surface area contributed by atoms with E-state index >= 15 is 0 Å². The number of hydrogen-bond donors (Lipinski definition) is 0. The van der Waals surface area contributed by atoms with Gasteiger partial charge in [0.15, 0.2) is 5.78 Å². The third-order valence-corrected chi connectivity index (χ3v) is 3.28. The van der Waals surface area contributed by atoms with Crippen LogP contribution in [0.15, 0.2) is 48.5 Å². The maximum Gasteiger partial charge on any atom is 0.163 e. The number of methoxy groups -OCH3 is 1. The zero-order chi connectivity index (χ0) is 15.1. The lowest BCUT2D eigenvalue weighted by Crippen LogP contribution is -2.04. The predicted octanol–water partition coefficient (Wildman–Crippen LogP) is 3.91. The van der Waals surface area contributed by atoms with Crippen LogP contribution in [0.4, 0.5) is 0 Å². The fourth-order valence-corrected chi connectivity index (χ4v) is 2.14. The summed E-state index contributed by atoms with van der Waals surface area (Å²) in [7, 11) is 1.60. The summed E-state index contributed by atoms with van der Waals surface area (Å²) in [5.41, 5.74) is 1.88. The average molecular weight is 284 g/mol. The van der Waals surface area contributed by atoms with E-state index in [2.05, 4.69) is 12.1 Å². The maximum absolute atomic E-state index is 11.6. The minimum atomic E-state index is -0.00397. The number of carbonyl (C=O) groups is 1. The second-order valence-electron chi connectivity index (χ2n) is 4.86. The summed E-state index contributed by atoms with van der Waals surface area (Å²) in [5.74, 6) is 1.28. The largest absolute Gasteiger partial charge is 0.497 e. The first-order valence-corrected chi connectivity index (χ1v) is 7.06. The molecule has 0 heterocycles. The molecule has 0 fully saturated rings. The third kappa shape index (κ3) is 4.35. The molecule has 0 bridgehead atoms. The fraction of sp³-hybridized carbons (Fsp3) is 0.278. The van der Waals surface area contributed by atoms with E-state index in [-0.39, 0.29) is 5.78 Å². The molecule has 0 saturated heterocycles. The monoisotopic (exact) mass is 284 g/mol. The Labute approximate surface area is 125 Å². The van der Waals surface area contributed by atoms with E-state index in [9.17, 15) is 4.79 Å². The van der Waals surface area contributed by atoms with E-state index in [1.54, 1.807) is 32.2 Å². The van der Waals surface area contributed by atoms with Crippen LogP contribution in [0.25, 0.3) is 0 Å². The third-order valence-electron chi connectivity index (χ3n) is 3.28. The fourth-order valence-electron chi connectivity index (χ4n) is 2.14. The number of aryl methyl sites for hydroxylation is 1. The Hall–Kier alpha value is -2.29. The Balaban J connectivity index is 1.94. The van der Waals surface area contributed by atoms with E-state index in [0.29, 0.717) is 23.7 Å². The van der Waals surface area contributed by atoms with Crippen LogP contribution in [0, 0.1) is 0 Å². The molecule has 110 valence electrons. The Bertz CT molecular complexity index is 591. The van der Waals surface area contributed by atoms with Crippen LogP contribution in [-0.2, 0) is 6.42 Å². The number of Topliss-reactive ketones (excluding diaryl/α,β-unsaturated/α-hetero) is 1. The van der Waals surface area contributed by atoms with Crippen molar-refractivity contribution < 1.29 is 14.3 Å². The lowest BCUT2D eigenvalue weighted by molar-refractivity contribution is 0.101. The van der Waals surface area contributed by atoms with E-state index in [0.717, 1.165) is 12.8 Å². The molecule has 0 atom stereocenters. The van der Waals surface area contributed by atoms with Gasteiger partial charge in [-0.15, -0.1) is 0 Å². The van der Waals surface area contributed by atoms with E-state index in [4.69, 9.17) is 9.47 Å². The molecule has 0 N–H and O–H groups in total. The summed E-state index contributed by atoms with van der Waals surface area (Å²) in [6, 6.07) is 15.6. The predicted molar refractivity (Wildman–Crippen MR) is 83.3 cm³/mol. The van der Waals surface area contributed by atoms with Gasteiger partial charge in [0, 0.05) is 6.07 Å². The highest BCUT2D eigenvalue weighted by molar-refractivity contribution is 5.97. The summed E-state index contributed by atoms with van der Waals surface area (Å²) in [6.07, 6.45) is 1.86. The first-order chi connectivity index (χ1) is 10.2. The minimum absolute atomic E-state index is 0.00397. The molecule has 0 unspecified atom stereocenters. The molecule has 3 heteroatoms. The van der Waals surface area contributed by atoms with Crippen molar-refractivity contribution in [3.63, 3.8) is 0 Å². The molecule has 0 spiro atoms. The van der Waals surface area contributed by atoms with Crippen molar-refractivity contribution in [2.24, 2.45) is 0 Å². The van der Waals surface area contributed by atoms with Gasteiger partial charge < -0.3 is 9.47 Å². The average Bonchev–Trinajstić information content (AvgIpc) is 2.52. The molecule has 3 nitrogen and oxygen atoms in total. The van der Waals surface area contributed by atoms with Crippen molar-refractivity contribution in [3.05, 3.63) is 59.7 Å². The smallest absolute Gasteiger partial charge is 0.163 e. The molecule has 0 aliphatic rings. The van der Waals surface area contributed by atoms with Crippen molar-refractivity contribution in [2.45, 2.75) is 19.8 Å². The number of hydrogen-bond acceptors (Lipinski definition) is 3. The molecule has 2 aromatic carbocycles. The van der Waals surface area contributed by atoms with Gasteiger partial charge in [0.25, 0.3) is 0 Å². The summed E-state index contributed by atoms with van der Waals surface area (Å²) in [6.45, 7) is 2.11. The molecule has 0 aliphatic heterocycles. The number of ether oxygens (including phenoxy) is 2. The molecule has 0 amide bonds. The molecule has 0 aliphatic carbocycles. The highest BCUT2D eigenvalue weighted by Crippen LogP contribution is 2.25. The molecule has 0 saturated carbocycles. The Kier molecular flexibility index (Phi) is 5.38. The Morgan fingerprint density at radius 1 is 1.10 bits per heavy atom. The van der Waals surface area contributed by atoms with Crippen LogP contribution in [0.2, 0.25) is 0 Å². The SMILES string of the molecule is COc1ccc(C(C)=O)c(OCCCc2ccccc2)c1. The summed E-state index contributed by atoms with van der Waals surface area (Å²) >= 11 is 0. The van der Waals surface area contributed by atoms with Crippen molar-refractivity contribution in [1.29, 1.82) is 0 Å². The molecule has 0 radical (unpaired) electrons. The summed E-state index contributed by atoms with van der Waals surface area (Å²) < 4.78 is 10.9. The van der Waals surface area contributed by atoms with E-state index < -0.39 is 0 Å². The summed E-state index contributed by atoms with van der Waals surface area (Å²) in [5, 5.41) is 0. The van der Waals surface area contributed by atoms with Crippen molar-refractivity contribution >= 4 is 5.78 Å². The number of benzene rings is 2. The Morgan fingerprint density at radius 3 is 2.52 bits per heavy atom. The van der Waals surface area contributed by atoms with Gasteiger partial charge in [-0.05, 0) is 37.5 Å². The lowest BCUT2D eigenvalue weighted by atomic mass is 10.1. The molecular weight excluding hydrogens is 264 g/mol. The molecule has 2 rings (SSSR count). The molecule has 2 aromatic rings. The van der Waals surface area contributed by atoms with Crippen LogP contribution >= 0.6 is 0 Å². The first kappa shape index (κ1) is 15.1. The standard InChI is InChI=1S/C18H20O3/c1-14(19)17-11-10-16(20-2)13-18(17)21-12-6-9-15-7-4-3-5-8-15/h3-5,7-8,10-11,13H,6,9,12H2,1-2H3. The van der Waals surface area contributed by atoms with Gasteiger partial charge in [-0.3, -0.25) is 4.79 Å². The van der Waals surface area contributed by atoms with Crippen molar-refractivity contribution in [3.8, 4) is 11.5 Å². The van der Waals surface area contributed by atoms with Gasteiger partial charge in [-0.2, -0.15) is 0 Å². The van der Waals surface area contributed by atoms with Crippen LogP contribution < -0.4 is 9.47 Å². The Morgan fingerprint density at radius 2 is 1.86 bits per heavy atom. The van der Waals surface area contributed by atoms with Gasteiger partial charge in [0.05, 0.1) is 19.3 Å². The number of rotatable bonds is 7. The van der Waals surface area contributed by atoms with Gasteiger partial charge in [-0.25, -0.2) is 0 Å². The molecular formula is C18H20O3. The van der Waals surface area contributed by atoms with Crippen molar-refractivity contribution in [2.75, 3.05) is 13.7 Å². The second-order valence-corrected chi connectivity index (χ2v) is 4.86. The number of carbonyl (C=O) groups excluding carboxylic acids is 1. The maximum atomic E-state index is 11.6. The van der Waals surface area contributed by atoms with Gasteiger partial charge in [-0.1, -0.05) is 30.3 Å². The zero-order valence-electron chi connectivity index (χ0n) is 12.5. The van der Waals surface area contributed by atoms with Gasteiger partial charge in [0.1, 0.15) is 11.5 Å². The van der Waals surface area contributed by atoms with Crippen molar-refractivity contribution in [1.82, 2.24) is 0 Å². The first-order valence-electron chi connectivity index (χ1n) is 7.06. The lowest BCUT2D eigenvalue weighted by Gasteiger charge is -2.11. The van der Waals surface area contributed by atoms with Gasteiger partial charge >= 0.3 is 0 Å². The molecule has 21 heavy (non-hydrogen) atoms. The normalized spacial score (nSPS) is 10.2. The van der Waals surface area contributed by atoms with Crippen LogP contribution in [0.1, 0.15) is 29.3 Å². The van der Waals surface area contributed by atoms with Crippen LogP contribution in [0.5, 0.6) is 11.5 Å². The van der Waals surface area contributed by atoms with Crippen LogP contribution in [-0.4, -0.2) is 19.5 Å². The topological polar surface area (TPSA) is 35.5 Å². The van der Waals surface area contributed by atoms with Crippen LogP contribution in [0.3, 0.4) is 0 Å². The zero-order valence-corrected chi connectivity index (χ0v) is 12.5. The highest BCUT2D eigenvalue weighted by Gasteiger charge is 2.09. The second kappa shape index (κ2) is 7.48. The highest BCUT2D eigenvalue weighted by atomic mass is 16.5. The molecule has 0 aromatic heterocycles.